The predicted molar refractivity (Wildman–Crippen MR) is 73.0 cm³/mol. The van der Waals surface area contributed by atoms with Crippen molar-refractivity contribution < 1.29 is 5.11 Å². The fraction of sp³-hybridized carbons (Fsp3) is 1.00. The summed E-state index contributed by atoms with van der Waals surface area (Å²) >= 11 is 1.83. The predicted octanol–water partition coefficient (Wildman–Crippen LogP) is 2.66. The van der Waals surface area contributed by atoms with Crippen LogP contribution in [0, 0.1) is 5.92 Å². The lowest BCUT2D eigenvalue weighted by atomic mass is 9.81. The van der Waals surface area contributed by atoms with Crippen molar-refractivity contribution in [3.8, 4) is 0 Å². The van der Waals surface area contributed by atoms with Crippen molar-refractivity contribution >= 4 is 11.8 Å². The van der Waals surface area contributed by atoms with Gasteiger partial charge < -0.3 is 10.4 Å². The van der Waals surface area contributed by atoms with Crippen LogP contribution in [0.15, 0.2) is 0 Å². The second kappa shape index (κ2) is 6.87. The van der Waals surface area contributed by atoms with E-state index in [-0.39, 0.29) is 0 Å². The number of thioether (sulfide) groups is 1. The maximum atomic E-state index is 9.54. The molecule has 1 unspecified atom stereocenters. The first-order chi connectivity index (χ1) is 7.47. The molecule has 0 radical (unpaired) electrons. The normalized spacial score (nSPS) is 19.5. The highest BCUT2D eigenvalue weighted by Crippen LogP contribution is 2.30. The summed E-state index contributed by atoms with van der Waals surface area (Å²) in [5.41, 5.74) is -0.526. The Kier molecular flexibility index (Phi) is 6.16. The zero-order valence-corrected chi connectivity index (χ0v) is 11.8. The van der Waals surface area contributed by atoms with Gasteiger partial charge in [-0.05, 0) is 33.1 Å². The van der Waals surface area contributed by atoms with Gasteiger partial charge in [-0.1, -0.05) is 19.3 Å². The Bertz CT molecular complexity index is 187. The summed E-state index contributed by atoms with van der Waals surface area (Å²) in [6.45, 7) is 7.09. The Labute approximate surface area is 105 Å². The maximum Gasteiger partial charge on any atom is 0.0681 e. The van der Waals surface area contributed by atoms with Crippen LogP contribution in [0.3, 0.4) is 0 Å². The molecule has 1 rings (SSSR count). The topological polar surface area (TPSA) is 32.3 Å². The van der Waals surface area contributed by atoms with Gasteiger partial charge in [0.1, 0.15) is 0 Å². The van der Waals surface area contributed by atoms with Crippen LogP contribution in [-0.4, -0.2) is 34.8 Å². The largest absolute Gasteiger partial charge is 0.390 e. The van der Waals surface area contributed by atoms with Gasteiger partial charge >= 0.3 is 0 Å². The molecule has 0 heterocycles. The summed E-state index contributed by atoms with van der Waals surface area (Å²) in [6.07, 6.45) is 5.67. The number of hydrogen-bond acceptors (Lipinski definition) is 3. The molecule has 0 aromatic heterocycles. The van der Waals surface area contributed by atoms with E-state index in [0.29, 0.717) is 6.04 Å². The summed E-state index contributed by atoms with van der Waals surface area (Å²) < 4.78 is 0. The third-order valence-electron chi connectivity index (χ3n) is 3.11. The van der Waals surface area contributed by atoms with Gasteiger partial charge in [-0.2, -0.15) is 11.8 Å². The minimum atomic E-state index is -0.526. The van der Waals surface area contributed by atoms with Crippen LogP contribution in [0.25, 0.3) is 0 Å². The average molecular weight is 245 g/mol. The molecule has 16 heavy (non-hydrogen) atoms. The molecule has 1 fully saturated rings. The summed E-state index contributed by atoms with van der Waals surface area (Å²) in [5, 5.41) is 13.1. The van der Waals surface area contributed by atoms with Gasteiger partial charge in [-0.25, -0.2) is 0 Å². The monoisotopic (exact) mass is 245 g/mol. The molecule has 1 aliphatic rings. The van der Waals surface area contributed by atoms with E-state index < -0.39 is 5.60 Å². The SMILES string of the molecule is CC(CC1CCC1)NCCSCC(C)(C)O. The van der Waals surface area contributed by atoms with Gasteiger partial charge in [0.25, 0.3) is 0 Å². The van der Waals surface area contributed by atoms with Gasteiger partial charge in [0.05, 0.1) is 5.60 Å². The van der Waals surface area contributed by atoms with Crippen LogP contribution in [0.1, 0.15) is 46.5 Å². The van der Waals surface area contributed by atoms with Crippen LogP contribution in [0.4, 0.5) is 0 Å². The van der Waals surface area contributed by atoms with Crippen LogP contribution in [0.2, 0.25) is 0 Å². The first-order valence-corrected chi connectivity index (χ1v) is 7.66. The van der Waals surface area contributed by atoms with Crippen LogP contribution >= 0.6 is 11.8 Å². The maximum absolute atomic E-state index is 9.54. The third kappa shape index (κ3) is 6.77. The fourth-order valence-electron chi connectivity index (χ4n) is 2.01. The van der Waals surface area contributed by atoms with Crippen LogP contribution in [0.5, 0.6) is 0 Å². The Morgan fingerprint density at radius 1 is 1.44 bits per heavy atom. The van der Waals surface area contributed by atoms with Gasteiger partial charge in [-0.15, -0.1) is 0 Å². The zero-order chi connectivity index (χ0) is 12.0. The summed E-state index contributed by atoms with van der Waals surface area (Å²) in [7, 11) is 0. The van der Waals surface area contributed by atoms with Crippen molar-refractivity contribution in [1.29, 1.82) is 0 Å². The Morgan fingerprint density at radius 3 is 2.62 bits per heavy atom. The molecule has 2 nitrogen and oxygen atoms in total. The van der Waals surface area contributed by atoms with E-state index in [2.05, 4.69) is 12.2 Å². The van der Waals surface area contributed by atoms with E-state index >= 15 is 0 Å². The Balaban J connectivity index is 1.89. The van der Waals surface area contributed by atoms with Crippen molar-refractivity contribution in [2.45, 2.75) is 58.1 Å². The van der Waals surface area contributed by atoms with E-state index in [1.54, 1.807) is 0 Å². The van der Waals surface area contributed by atoms with Gasteiger partial charge in [-0.3, -0.25) is 0 Å². The standard InChI is InChI=1S/C13H27NOS/c1-11(9-12-5-4-6-12)14-7-8-16-10-13(2,3)15/h11-12,14-15H,4-10H2,1-3H3. The highest BCUT2D eigenvalue weighted by Gasteiger charge is 2.19. The number of aliphatic hydroxyl groups is 1. The first kappa shape index (κ1) is 14.3. The third-order valence-corrected chi connectivity index (χ3v) is 4.51. The minimum Gasteiger partial charge on any atom is -0.390 e. The molecule has 1 atom stereocenters. The minimum absolute atomic E-state index is 0.526. The number of rotatable bonds is 8. The summed E-state index contributed by atoms with van der Waals surface area (Å²) in [6, 6.07) is 0.660. The fourth-order valence-corrected chi connectivity index (χ4v) is 2.92. The summed E-state index contributed by atoms with van der Waals surface area (Å²) in [4.78, 5) is 0. The molecule has 0 aliphatic heterocycles. The van der Waals surface area contributed by atoms with E-state index in [9.17, 15) is 5.11 Å². The first-order valence-electron chi connectivity index (χ1n) is 6.51. The molecule has 0 bridgehead atoms. The molecule has 0 saturated heterocycles. The molecule has 2 N–H and O–H groups in total. The number of hydrogen-bond donors (Lipinski definition) is 2. The van der Waals surface area contributed by atoms with Crippen molar-refractivity contribution in [3.63, 3.8) is 0 Å². The Morgan fingerprint density at radius 2 is 2.12 bits per heavy atom. The molecular weight excluding hydrogens is 218 g/mol. The lowest BCUT2D eigenvalue weighted by molar-refractivity contribution is 0.107. The van der Waals surface area contributed by atoms with Crippen molar-refractivity contribution in [2.75, 3.05) is 18.1 Å². The van der Waals surface area contributed by atoms with Gasteiger partial charge in [0.2, 0.25) is 0 Å². The van der Waals surface area contributed by atoms with E-state index in [4.69, 9.17) is 0 Å². The highest BCUT2D eigenvalue weighted by atomic mass is 32.2. The van der Waals surface area contributed by atoms with Crippen molar-refractivity contribution in [3.05, 3.63) is 0 Å². The molecule has 0 aromatic carbocycles. The Hall–Kier alpha value is 0.270. The number of nitrogens with one attached hydrogen (secondary N) is 1. The average Bonchev–Trinajstić information content (AvgIpc) is 2.09. The molecular formula is C13H27NOS. The zero-order valence-electron chi connectivity index (χ0n) is 11.0. The molecule has 0 amide bonds. The van der Waals surface area contributed by atoms with E-state index in [1.807, 2.05) is 25.6 Å². The lowest BCUT2D eigenvalue weighted by Crippen LogP contribution is -2.32. The van der Waals surface area contributed by atoms with Gasteiger partial charge in [0.15, 0.2) is 0 Å². The van der Waals surface area contributed by atoms with Crippen molar-refractivity contribution in [1.82, 2.24) is 5.32 Å². The molecule has 1 aliphatic carbocycles. The highest BCUT2D eigenvalue weighted by molar-refractivity contribution is 7.99. The lowest BCUT2D eigenvalue weighted by Gasteiger charge is -2.28. The molecule has 1 saturated carbocycles. The van der Waals surface area contributed by atoms with E-state index in [1.165, 1.54) is 25.7 Å². The smallest absolute Gasteiger partial charge is 0.0681 e. The molecule has 0 aromatic rings. The van der Waals surface area contributed by atoms with Gasteiger partial charge in [0, 0.05) is 24.1 Å². The quantitative estimate of drug-likeness (QED) is 0.645. The van der Waals surface area contributed by atoms with Crippen molar-refractivity contribution in [2.24, 2.45) is 5.92 Å². The molecule has 96 valence electrons. The molecule has 0 spiro atoms. The van der Waals surface area contributed by atoms with Crippen LogP contribution in [-0.2, 0) is 0 Å². The second-order valence-electron chi connectivity index (χ2n) is 5.75. The summed E-state index contributed by atoms with van der Waals surface area (Å²) in [5.74, 6) is 2.91. The van der Waals surface area contributed by atoms with E-state index in [0.717, 1.165) is 24.0 Å². The second-order valence-corrected chi connectivity index (χ2v) is 6.86. The molecule has 3 heteroatoms. The van der Waals surface area contributed by atoms with Crippen LogP contribution < -0.4 is 5.32 Å².